The van der Waals surface area contributed by atoms with Crippen LogP contribution < -0.4 is 5.32 Å². The minimum absolute atomic E-state index is 0.0877. The Morgan fingerprint density at radius 3 is 2.54 bits per heavy atom. The molecule has 2 amide bonds. The number of aromatic nitrogens is 3. The normalized spacial score (nSPS) is 16.5. The van der Waals surface area contributed by atoms with Crippen LogP contribution in [0.1, 0.15) is 73.7 Å². The molecule has 2 aliphatic rings. The lowest BCUT2D eigenvalue weighted by Crippen LogP contribution is -2.37. The summed E-state index contributed by atoms with van der Waals surface area (Å²) in [5, 5.41) is 4.11. The van der Waals surface area contributed by atoms with Gasteiger partial charge in [0.05, 0.1) is 11.2 Å². The topological polar surface area (TPSA) is 79.6 Å². The SMILES string of the molecule is O=C(NCc1ccn2ccnc2c1)c1ccc(C2CCN(C(=O)c3cnc(C4CC4)s3)CC2)cc1. The number of likely N-dealkylation sites (tertiary alicyclic amines) is 1. The number of nitrogens with one attached hydrogen (secondary N) is 1. The van der Waals surface area contributed by atoms with Gasteiger partial charge < -0.3 is 14.6 Å². The lowest BCUT2D eigenvalue weighted by Gasteiger charge is -2.32. The molecule has 6 rings (SSSR count). The molecule has 178 valence electrons. The Balaban J connectivity index is 1.02. The monoisotopic (exact) mass is 485 g/mol. The van der Waals surface area contributed by atoms with Gasteiger partial charge in [0.1, 0.15) is 10.5 Å². The van der Waals surface area contributed by atoms with Crippen molar-refractivity contribution in [2.75, 3.05) is 13.1 Å². The van der Waals surface area contributed by atoms with Crippen molar-refractivity contribution in [2.24, 2.45) is 0 Å². The molecule has 0 atom stereocenters. The van der Waals surface area contributed by atoms with Gasteiger partial charge >= 0.3 is 0 Å². The van der Waals surface area contributed by atoms with Crippen molar-refractivity contribution in [1.82, 2.24) is 24.6 Å². The van der Waals surface area contributed by atoms with E-state index in [1.807, 2.05) is 46.0 Å². The summed E-state index contributed by atoms with van der Waals surface area (Å²) in [6.45, 7) is 1.96. The predicted molar refractivity (Wildman–Crippen MR) is 135 cm³/mol. The number of piperidine rings is 1. The fraction of sp³-hybridized carbons (Fsp3) is 0.333. The van der Waals surface area contributed by atoms with E-state index in [0.717, 1.165) is 47.0 Å². The highest BCUT2D eigenvalue weighted by Crippen LogP contribution is 2.42. The molecule has 1 aliphatic heterocycles. The van der Waals surface area contributed by atoms with Crippen LogP contribution >= 0.6 is 11.3 Å². The molecule has 1 aromatic carbocycles. The van der Waals surface area contributed by atoms with Gasteiger partial charge in [0.15, 0.2) is 0 Å². The van der Waals surface area contributed by atoms with Crippen molar-refractivity contribution in [3.8, 4) is 0 Å². The number of hydrogen-bond donors (Lipinski definition) is 1. The Kier molecular flexibility index (Phi) is 5.82. The lowest BCUT2D eigenvalue weighted by molar-refractivity contribution is 0.0717. The van der Waals surface area contributed by atoms with E-state index >= 15 is 0 Å². The first-order valence-corrected chi connectivity index (χ1v) is 13.0. The first-order chi connectivity index (χ1) is 17.1. The van der Waals surface area contributed by atoms with Crippen LogP contribution in [0.4, 0.5) is 0 Å². The van der Waals surface area contributed by atoms with E-state index in [-0.39, 0.29) is 11.8 Å². The summed E-state index contributed by atoms with van der Waals surface area (Å²) in [5.41, 5.74) is 3.76. The predicted octanol–water partition coefficient (Wildman–Crippen LogP) is 4.62. The van der Waals surface area contributed by atoms with Crippen molar-refractivity contribution in [2.45, 2.75) is 44.1 Å². The number of imidazole rings is 1. The van der Waals surface area contributed by atoms with Gasteiger partial charge in [0.25, 0.3) is 11.8 Å². The Labute approximate surface area is 207 Å². The summed E-state index contributed by atoms with van der Waals surface area (Å²) in [7, 11) is 0. The van der Waals surface area contributed by atoms with Crippen LogP contribution in [0, 0.1) is 0 Å². The van der Waals surface area contributed by atoms with Crippen molar-refractivity contribution in [3.05, 3.63) is 87.8 Å². The average Bonchev–Trinajstić information content (AvgIpc) is 3.44. The van der Waals surface area contributed by atoms with Gasteiger partial charge in [0.2, 0.25) is 0 Å². The molecule has 2 fully saturated rings. The minimum Gasteiger partial charge on any atom is -0.348 e. The summed E-state index contributed by atoms with van der Waals surface area (Å²) in [4.78, 5) is 37.0. The quantitative estimate of drug-likeness (QED) is 0.432. The Morgan fingerprint density at radius 1 is 0.971 bits per heavy atom. The number of thiazole rings is 1. The second kappa shape index (κ2) is 9.26. The molecule has 3 aromatic heterocycles. The first-order valence-electron chi connectivity index (χ1n) is 12.2. The van der Waals surface area contributed by atoms with Crippen molar-refractivity contribution < 1.29 is 9.59 Å². The van der Waals surface area contributed by atoms with Gasteiger partial charge in [-0.3, -0.25) is 9.59 Å². The van der Waals surface area contributed by atoms with E-state index in [9.17, 15) is 9.59 Å². The molecule has 1 saturated carbocycles. The number of pyridine rings is 1. The largest absolute Gasteiger partial charge is 0.348 e. The van der Waals surface area contributed by atoms with E-state index in [1.165, 1.54) is 18.4 Å². The number of nitrogens with zero attached hydrogens (tertiary/aromatic N) is 4. The van der Waals surface area contributed by atoms with Gasteiger partial charge in [-0.05, 0) is 67.0 Å². The van der Waals surface area contributed by atoms with E-state index in [0.29, 0.717) is 23.9 Å². The molecule has 4 aromatic rings. The molecule has 1 aliphatic carbocycles. The summed E-state index contributed by atoms with van der Waals surface area (Å²) in [5.74, 6) is 1.02. The van der Waals surface area contributed by atoms with Crippen molar-refractivity contribution in [3.63, 3.8) is 0 Å². The molecular weight excluding hydrogens is 458 g/mol. The summed E-state index contributed by atoms with van der Waals surface area (Å²) < 4.78 is 1.94. The number of amides is 2. The van der Waals surface area contributed by atoms with E-state index in [2.05, 4.69) is 27.4 Å². The number of fused-ring (bicyclic) bond motifs is 1. The third-order valence-electron chi connectivity index (χ3n) is 7.00. The zero-order chi connectivity index (χ0) is 23.8. The first kappa shape index (κ1) is 22.0. The number of rotatable bonds is 6. The van der Waals surface area contributed by atoms with Gasteiger partial charge in [-0.1, -0.05) is 12.1 Å². The molecule has 4 heterocycles. The molecule has 0 radical (unpaired) electrons. The molecule has 8 heteroatoms. The third kappa shape index (κ3) is 4.71. The third-order valence-corrected chi connectivity index (χ3v) is 8.15. The molecule has 0 unspecified atom stereocenters. The zero-order valence-electron chi connectivity index (χ0n) is 19.4. The minimum atomic E-state index is -0.0877. The fourth-order valence-corrected chi connectivity index (χ4v) is 5.79. The highest BCUT2D eigenvalue weighted by molar-refractivity contribution is 7.13. The summed E-state index contributed by atoms with van der Waals surface area (Å²) >= 11 is 1.57. The van der Waals surface area contributed by atoms with Crippen molar-refractivity contribution in [1.29, 1.82) is 0 Å². The maximum Gasteiger partial charge on any atom is 0.265 e. The number of carbonyl (C=O) groups excluding carboxylic acids is 2. The smallest absolute Gasteiger partial charge is 0.265 e. The summed E-state index contributed by atoms with van der Waals surface area (Å²) in [6, 6.07) is 11.9. The summed E-state index contributed by atoms with van der Waals surface area (Å²) in [6.07, 6.45) is 11.6. The zero-order valence-corrected chi connectivity index (χ0v) is 20.2. The van der Waals surface area contributed by atoms with Crippen LogP contribution in [-0.2, 0) is 6.54 Å². The molecular formula is C27H27N5O2S. The maximum absolute atomic E-state index is 12.9. The fourth-order valence-electron chi connectivity index (χ4n) is 4.73. The standard InChI is InChI=1S/C27H27N5O2S/c33-25(29-16-18-7-11-31-14-10-28-24(31)15-18)21-3-1-19(2-4-21)20-8-12-32(13-9-20)27(34)23-17-30-26(35-23)22-5-6-22/h1-4,7,10-11,14-15,17,20,22H,5-6,8-9,12-13,16H2,(H,29,33). The number of benzene rings is 1. The van der Waals surface area contributed by atoms with Gasteiger partial charge in [-0.2, -0.15) is 0 Å². The van der Waals surface area contributed by atoms with Crippen LogP contribution in [0.2, 0.25) is 0 Å². The highest BCUT2D eigenvalue weighted by atomic mass is 32.1. The van der Waals surface area contributed by atoms with Crippen LogP contribution in [0.25, 0.3) is 5.65 Å². The highest BCUT2D eigenvalue weighted by Gasteiger charge is 2.30. The van der Waals surface area contributed by atoms with Crippen LogP contribution in [-0.4, -0.2) is 44.2 Å². The van der Waals surface area contributed by atoms with Gasteiger partial charge in [-0.15, -0.1) is 11.3 Å². The molecule has 0 spiro atoms. The molecule has 35 heavy (non-hydrogen) atoms. The second-order valence-electron chi connectivity index (χ2n) is 9.44. The average molecular weight is 486 g/mol. The van der Waals surface area contributed by atoms with Gasteiger partial charge in [0, 0.05) is 49.7 Å². The Bertz CT molecular complexity index is 1360. The van der Waals surface area contributed by atoms with E-state index in [1.54, 1.807) is 23.7 Å². The maximum atomic E-state index is 12.9. The Hall–Kier alpha value is -3.52. The number of carbonyl (C=O) groups is 2. The van der Waals surface area contributed by atoms with Crippen molar-refractivity contribution >= 4 is 28.8 Å². The molecule has 1 N–H and O–H groups in total. The number of hydrogen-bond acceptors (Lipinski definition) is 5. The van der Waals surface area contributed by atoms with E-state index in [4.69, 9.17) is 0 Å². The van der Waals surface area contributed by atoms with Crippen LogP contribution in [0.3, 0.4) is 0 Å². The lowest BCUT2D eigenvalue weighted by atomic mass is 9.89. The van der Waals surface area contributed by atoms with Crippen LogP contribution in [0.15, 0.2) is 61.2 Å². The molecule has 7 nitrogen and oxygen atoms in total. The van der Waals surface area contributed by atoms with Crippen LogP contribution in [0.5, 0.6) is 0 Å². The Morgan fingerprint density at radius 2 is 1.77 bits per heavy atom. The van der Waals surface area contributed by atoms with Gasteiger partial charge in [-0.25, -0.2) is 9.97 Å². The second-order valence-corrected chi connectivity index (χ2v) is 10.5. The van der Waals surface area contributed by atoms with E-state index < -0.39 is 0 Å². The molecule has 1 saturated heterocycles. The molecule has 0 bridgehead atoms.